The van der Waals surface area contributed by atoms with Crippen LogP contribution in [0.4, 0.5) is 5.69 Å². The Labute approximate surface area is 191 Å². The van der Waals surface area contributed by atoms with Gasteiger partial charge in [0.1, 0.15) is 15.5 Å². The Hall–Kier alpha value is -3.22. The molecule has 5 nitrogen and oxygen atoms in total. The van der Waals surface area contributed by atoms with Crippen LogP contribution in [0.15, 0.2) is 48.5 Å². The van der Waals surface area contributed by atoms with Crippen molar-refractivity contribution in [3.8, 4) is 16.9 Å². The van der Waals surface area contributed by atoms with Crippen LogP contribution in [0.5, 0.6) is 5.75 Å². The van der Waals surface area contributed by atoms with Gasteiger partial charge in [-0.2, -0.15) is 0 Å². The summed E-state index contributed by atoms with van der Waals surface area (Å²) in [5.41, 5.74) is 13.4. The second kappa shape index (κ2) is 8.04. The van der Waals surface area contributed by atoms with Crippen molar-refractivity contribution in [1.82, 2.24) is 9.88 Å². The van der Waals surface area contributed by atoms with Gasteiger partial charge < -0.3 is 15.4 Å². The van der Waals surface area contributed by atoms with Crippen molar-refractivity contribution < 1.29 is 9.53 Å². The number of methoxy groups -OCH3 is 1. The number of carbonyl (C=O) groups excluding carboxylic acids is 1. The summed E-state index contributed by atoms with van der Waals surface area (Å²) in [6, 6.07) is 15.7. The maximum Gasteiger partial charge on any atom is 0.205 e. The zero-order valence-corrected chi connectivity index (χ0v) is 19.3. The Bertz CT molecular complexity index is 1320. The molecule has 0 fully saturated rings. The zero-order chi connectivity index (χ0) is 22.4. The van der Waals surface area contributed by atoms with Crippen molar-refractivity contribution in [3.05, 3.63) is 75.8 Å². The zero-order valence-electron chi connectivity index (χ0n) is 18.4. The third kappa shape index (κ3) is 3.45. The number of anilines is 1. The normalized spacial score (nSPS) is 13.8. The lowest BCUT2D eigenvalue weighted by molar-refractivity contribution is 0.104. The Kier molecular flexibility index (Phi) is 5.19. The van der Waals surface area contributed by atoms with E-state index in [9.17, 15) is 4.79 Å². The monoisotopic (exact) mass is 443 g/mol. The number of hydrogen-bond acceptors (Lipinski definition) is 6. The van der Waals surface area contributed by atoms with Crippen LogP contribution in [0.2, 0.25) is 0 Å². The van der Waals surface area contributed by atoms with Crippen LogP contribution in [0.1, 0.15) is 32.1 Å². The number of ketones is 1. The highest BCUT2D eigenvalue weighted by Crippen LogP contribution is 2.44. The summed E-state index contributed by atoms with van der Waals surface area (Å²) in [6.45, 7) is 3.77. The van der Waals surface area contributed by atoms with E-state index in [0.29, 0.717) is 16.1 Å². The average Bonchev–Trinajstić information content (AvgIpc) is 3.13. The Morgan fingerprint density at radius 1 is 1.12 bits per heavy atom. The van der Waals surface area contributed by atoms with E-state index in [1.807, 2.05) is 43.3 Å². The minimum atomic E-state index is -0.0544. The number of aromatic nitrogens is 1. The van der Waals surface area contributed by atoms with E-state index in [0.717, 1.165) is 57.9 Å². The number of nitrogen functional groups attached to an aromatic ring is 1. The molecular formula is C26H25N3O2S. The summed E-state index contributed by atoms with van der Waals surface area (Å²) in [6.07, 6.45) is 0.879. The highest BCUT2D eigenvalue weighted by atomic mass is 32.1. The lowest BCUT2D eigenvalue weighted by atomic mass is 9.92. The molecule has 0 bridgehead atoms. The maximum atomic E-state index is 13.3. The lowest BCUT2D eigenvalue weighted by Crippen LogP contribution is -2.27. The number of ether oxygens (including phenoxy) is 1. The van der Waals surface area contributed by atoms with E-state index < -0.39 is 0 Å². The number of carbonyl (C=O) groups is 1. The molecule has 0 spiro atoms. The molecule has 1 aliphatic heterocycles. The molecule has 0 saturated carbocycles. The van der Waals surface area contributed by atoms with E-state index in [1.54, 1.807) is 7.11 Å². The summed E-state index contributed by atoms with van der Waals surface area (Å²) in [5, 5.41) is 0.879. The summed E-state index contributed by atoms with van der Waals surface area (Å²) in [4.78, 5) is 22.0. The number of pyridine rings is 1. The van der Waals surface area contributed by atoms with Crippen LogP contribution >= 0.6 is 11.3 Å². The summed E-state index contributed by atoms with van der Waals surface area (Å²) in [5.74, 6) is 0.750. The maximum absolute atomic E-state index is 13.3. The first-order valence-electron chi connectivity index (χ1n) is 10.6. The third-order valence-corrected chi connectivity index (χ3v) is 7.22. The molecule has 4 aromatic rings. The number of likely N-dealkylation sites (N-methyl/N-ethyl adjacent to an activating group) is 1. The molecule has 2 aromatic carbocycles. The number of hydrogen-bond donors (Lipinski definition) is 1. The second-order valence-electron chi connectivity index (χ2n) is 8.35. The standard InChI is InChI=1S/C26H25N3O2S/c1-15-4-6-17(7-5-15)24(30)25-23(27)22-21(16-8-10-18(31-3)11-9-16)19-14-29(2)13-12-20(19)28-26(22)32-25/h4-11H,12-14,27H2,1-3H3. The molecule has 0 amide bonds. The van der Waals surface area contributed by atoms with Crippen LogP contribution in [-0.4, -0.2) is 36.4 Å². The van der Waals surface area contributed by atoms with Gasteiger partial charge in [0.05, 0.1) is 12.8 Å². The van der Waals surface area contributed by atoms with E-state index in [2.05, 4.69) is 24.1 Å². The van der Waals surface area contributed by atoms with Crippen molar-refractivity contribution in [1.29, 1.82) is 0 Å². The minimum absolute atomic E-state index is 0.0544. The van der Waals surface area contributed by atoms with E-state index in [4.69, 9.17) is 15.5 Å². The molecule has 2 N–H and O–H groups in total. The summed E-state index contributed by atoms with van der Waals surface area (Å²) >= 11 is 1.40. The fourth-order valence-corrected chi connectivity index (χ4v) is 5.43. The van der Waals surface area contributed by atoms with Crippen molar-refractivity contribution >= 4 is 33.0 Å². The fourth-order valence-electron chi connectivity index (χ4n) is 4.34. The first-order valence-corrected chi connectivity index (χ1v) is 11.5. The third-order valence-electron chi connectivity index (χ3n) is 6.12. The van der Waals surface area contributed by atoms with Gasteiger partial charge in [-0.15, -0.1) is 11.3 Å². The molecule has 6 heteroatoms. The van der Waals surface area contributed by atoms with Crippen LogP contribution in [0, 0.1) is 6.92 Å². The topological polar surface area (TPSA) is 68.4 Å². The molecular weight excluding hydrogens is 418 g/mol. The van der Waals surface area contributed by atoms with Crippen LogP contribution in [0.3, 0.4) is 0 Å². The Morgan fingerprint density at radius 3 is 2.53 bits per heavy atom. The Morgan fingerprint density at radius 2 is 1.84 bits per heavy atom. The van der Waals surface area contributed by atoms with Gasteiger partial charge in [-0.25, -0.2) is 4.98 Å². The molecule has 162 valence electrons. The number of rotatable bonds is 4. The van der Waals surface area contributed by atoms with Gasteiger partial charge in [0, 0.05) is 41.7 Å². The van der Waals surface area contributed by atoms with E-state index in [1.165, 1.54) is 16.9 Å². The number of fused-ring (bicyclic) bond motifs is 2. The van der Waals surface area contributed by atoms with Crippen LogP contribution < -0.4 is 10.5 Å². The van der Waals surface area contributed by atoms with Gasteiger partial charge in [-0.3, -0.25) is 4.79 Å². The molecule has 5 rings (SSSR count). The predicted molar refractivity (Wildman–Crippen MR) is 131 cm³/mol. The van der Waals surface area contributed by atoms with E-state index in [-0.39, 0.29) is 5.78 Å². The van der Waals surface area contributed by atoms with E-state index >= 15 is 0 Å². The van der Waals surface area contributed by atoms with Gasteiger partial charge in [0.15, 0.2) is 0 Å². The summed E-state index contributed by atoms with van der Waals surface area (Å²) < 4.78 is 5.35. The van der Waals surface area contributed by atoms with Gasteiger partial charge in [0.2, 0.25) is 5.78 Å². The number of aryl methyl sites for hydroxylation is 1. The molecule has 32 heavy (non-hydrogen) atoms. The molecule has 0 unspecified atom stereocenters. The first-order chi connectivity index (χ1) is 15.5. The minimum Gasteiger partial charge on any atom is -0.497 e. The van der Waals surface area contributed by atoms with Crippen molar-refractivity contribution in [2.75, 3.05) is 26.4 Å². The first kappa shape index (κ1) is 20.7. The van der Waals surface area contributed by atoms with Crippen molar-refractivity contribution in [3.63, 3.8) is 0 Å². The number of thiophene rings is 1. The largest absolute Gasteiger partial charge is 0.497 e. The van der Waals surface area contributed by atoms with Gasteiger partial charge in [0.25, 0.3) is 0 Å². The summed E-state index contributed by atoms with van der Waals surface area (Å²) in [7, 11) is 3.78. The SMILES string of the molecule is COc1ccc(-c2c3c(nc4sc(C(=O)c5ccc(C)cc5)c(N)c24)CCN(C)C3)cc1. The number of benzene rings is 2. The average molecular weight is 444 g/mol. The highest BCUT2D eigenvalue weighted by molar-refractivity contribution is 7.21. The van der Waals surface area contributed by atoms with Crippen LogP contribution in [-0.2, 0) is 13.0 Å². The quantitative estimate of drug-likeness (QED) is 0.446. The molecule has 2 aromatic heterocycles. The molecule has 3 heterocycles. The van der Waals surface area contributed by atoms with Crippen molar-refractivity contribution in [2.45, 2.75) is 19.9 Å². The fraction of sp³-hybridized carbons (Fsp3) is 0.231. The highest BCUT2D eigenvalue weighted by Gasteiger charge is 2.27. The molecule has 0 radical (unpaired) electrons. The van der Waals surface area contributed by atoms with Crippen LogP contribution in [0.25, 0.3) is 21.3 Å². The second-order valence-corrected chi connectivity index (χ2v) is 9.35. The van der Waals surface area contributed by atoms with Gasteiger partial charge in [-0.1, -0.05) is 42.0 Å². The van der Waals surface area contributed by atoms with Gasteiger partial charge in [-0.05, 0) is 37.2 Å². The predicted octanol–water partition coefficient (Wildman–Crippen LogP) is 5.08. The Balaban J connectivity index is 1.75. The number of nitrogens with two attached hydrogens (primary N) is 1. The van der Waals surface area contributed by atoms with Crippen molar-refractivity contribution in [2.24, 2.45) is 0 Å². The van der Waals surface area contributed by atoms with Gasteiger partial charge >= 0.3 is 0 Å². The molecule has 1 aliphatic rings. The molecule has 0 saturated heterocycles. The molecule has 0 aliphatic carbocycles. The molecule has 0 atom stereocenters. The lowest BCUT2D eigenvalue weighted by Gasteiger charge is -2.27. The number of nitrogens with zero attached hydrogens (tertiary/aromatic N) is 2. The smallest absolute Gasteiger partial charge is 0.205 e.